The number of para-hydroxylation sites is 3. The van der Waals surface area contributed by atoms with Crippen molar-refractivity contribution in [2.24, 2.45) is 0 Å². The molecule has 4 heterocycles. The lowest BCUT2D eigenvalue weighted by atomic mass is 10.1. The van der Waals surface area contributed by atoms with Crippen LogP contribution in [0.15, 0.2) is 182 Å². The molecule has 0 N–H and O–H groups in total. The summed E-state index contributed by atoms with van der Waals surface area (Å²) in [7, 11) is 0. The average molecular weight is 679 g/mol. The molecule has 0 saturated carbocycles. The van der Waals surface area contributed by atoms with Crippen LogP contribution in [0.1, 0.15) is 0 Å². The number of fused-ring (bicyclic) bond motifs is 9. The fourth-order valence-electron chi connectivity index (χ4n) is 8.03. The molecule has 0 radical (unpaired) electrons. The van der Waals surface area contributed by atoms with Crippen LogP contribution in [0, 0.1) is 0 Å². The molecule has 6 nitrogen and oxygen atoms in total. The maximum Gasteiger partial charge on any atom is 0.238 e. The van der Waals surface area contributed by atoms with Gasteiger partial charge in [-0.1, -0.05) is 127 Å². The van der Waals surface area contributed by atoms with Crippen LogP contribution in [0.3, 0.4) is 0 Å². The van der Waals surface area contributed by atoms with Gasteiger partial charge in [0.05, 0.1) is 27.6 Å². The molecule has 7 aromatic carbocycles. The highest BCUT2D eigenvalue weighted by molar-refractivity contribution is 6.28. The number of benzene rings is 7. The third-order valence-electron chi connectivity index (χ3n) is 10.3. The van der Waals surface area contributed by atoms with Crippen molar-refractivity contribution < 1.29 is 0 Å². The standard InChI is InChI=1S/C47H30N6/c1-5-15-31(16-6-1)45-48-46(32-17-7-2-8-18-32)50-47(49-45)53-43-35(25-27-39-38(43)29-30-51(39)33-19-9-3-10-20-33)36-26-28-41-42(44(36)53)37-23-13-14-24-40(37)52(41)34-21-11-4-12-22-34/h1-30H. The molecule has 0 aliphatic rings. The zero-order chi connectivity index (χ0) is 34.9. The van der Waals surface area contributed by atoms with Crippen molar-refractivity contribution in [3.8, 4) is 40.1 Å². The lowest BCUT2D eigenvalue weighted by Crippen LogP contribution is -2.06. The van der Waals surface area contributed by atoms with Gasteiger partial charge in [-0.2, -0.15) is 9.97 Å². The molecule has 11 aromatic rings. The molecule has 0 spiro atoms. The van der Waals surface area contributed by atoms with E-state index in [1.807, 2.05) is 36.4 Å². The average Bonchev–Trinajstić information content (AvgIpc) is 3.92. The number of nitrogens with zero attached hydrogens (tertiary/aromatic N) is 6. The van der Waals surface area contributed by atoms with Gasteiger partial charge in [-0.3, -0.25) is 4.57 Å². The summed E-state index contributed by atoms with van der Waals surface area (Å²) in [5.41, 5.74) is 9.57. The zero-order valence-electron chi connectivity index (χ0n) is 28.5. The minimum atomic E-state index is 0.571. The molecule has 0 aliphatic carbocycles. The molecule has 0 fully saturated rings. The maximum absolute atomic E-state index is 5.32. The number of hydrogen-bond acceptors (Lipinski definition) is 3. The van der Waals surface area contributed by atoms with Crippen LogP contribution in [0.25, 0.3) is 94.6 Å². The summed E-state index contributed by atoms with van der Waals surface area (Å²) in [6.07, 6.45) is 2.16. The summed E-state index contributed by atoms with van der Waals surface area (Å²) in [5, 5.41) is 5.71. The van der Waals surface area contributed by atoms with E-state index in [2.05, 4.69) is 159 Å². The SMILES string of the molecule is c1ccc(-c2nc(-c3ccccc3)nc(-n3c4c(ccc5c4ccn5-c4ccccc4)c4ccc5c(c6ccccc6n5-c5ccccc5)c43)n2)cc1. The van der Waals surface area contributed by atoms with Crippen LogP contribution in [0.5, 0.6) is 0 Å². The largest absolute Gasteiger partial charge is 0.316 e. The van der Waals surface area contributed by atoms with Crippen LogP contribution in [-0.4, -0.2) is 28.7 Å². The molecule has 0 unspecified atom stereocenters. The number of aromatic nitrogens is 6. The van der Waals surface area contributed by atoms with Crippen molar-refractivity contribution >= 4 is 54.5 Å². The van der Waals surface area contributed by atoms with Gasteiger partial charge in [-0.05, 0) is 48.5 Å². The Labute approximate surface area is 304 Å². The van der Waals surface area contributed by atoms with Crippen LogP contribution < -0.4 is 0 Å². The van der Waals surface area contributed by atoms with Crippen molar-refractivity contribution in [2.45, 2.75) is 0 Å². The predicted molar refractivity (Wildman–Crippen MR) is 216 cm³/mol. The molecule has 6 heteroatoms. The molecule has 0 amide bonds. The Balaban J connectivity index is 1.34. The lowest BCUT2D eigenvalue weighted by molar-refractivity contribution is 0.957. The van der Waals surface area contributed by atoms with E-state index in [0.717, 1.165) is 71.6 Å². The van der Waals surface area contributed by atoms with Gasteiger partial charge in [0.1, 0.15) is 0 Å². The molecule has 0 saturated heterocycles. The van der Waals surface area contributed by atoms with E-state index in [0.29, 0.717) is 17.6 Å². The van der Waals surface area contributed by atoms with Gasteiger partial charge in [0.15, 0.2) is 11.6 Å². The van der Waals surface area contributed by atoms with E-state index in [-0.39, 0.29) is 0 Å². The monoisotopic (exact) mass is 678 g/mol. The highest BCUT2D eigenvalue weighted by Crippen LogP contribution is 2.44. The van der Waals surface area contributed by atoms with Gasteiger partial charge in [0.25, 0.3) is 0 Å². The molecule has 11 rings (SSSR count). The fourth-order valence-corrected chi connectivity index (χ4v) is 8.03. The van der Waals surface area contributed by atoms with Gasteiger partial charge in [-0.25, -0.2) is 4.98 Å². The summed E-state index contributed by atoms with van der Waals surface area (Å²) >= 11 is 0. The summed E-state index contributed by atoms with van der Waals surface area (Å²) < 4.78 is 6.92. The summed E-state index contributed by atoms with van der Waals surface area (Å²) in [6, 6.07) is 61.4. The third kappa shape index (κ3) is 4.49. The third-order valence-corrected chi connectivity index (χ3v) is 10.3. The second-order valence-electron chi connectivity index (χ2n) is 13.3. The first-order valence-electron chi connectivity index (χ1n) is 17.8. The second kappa shape index (κ2) is 11.6. The van der Waals surface area contributed by atoms with Crippen molar-refractivity contribution in [2.75, 3.05) is 0 Å². The minimum absolute atomic E-state index is 0.571. The van der Waals surface area contributed by atoms with Crippen molar-refractivity contribution in [1.29, 1.82) is 0 Å². The Morgan fingerprint density at radius 1 is 0.340 bits per heavy atom. The van der Waals surface area contributed by atoms with Crippen molar-refractivity contribution in [1.82, 2.24) is 28.7 Å². The molecule has 0 bridgehead atoms. The first kappa shape index (κ1) is 29.4. The van der Waals surface area contributed by atoms with E-state index in [9.17, 15) is 0 Å². The number of rotatable bonds is 5. The van der Waals surface area contributed by atoms with Gasteiger partial charge < -0.3 is 9.13 Å². The normalized spacial score (nSPS) is 11.8. The summed E-state index contributed by atoms with van der Waals surface area (Å²) in [6.45, 7) is 0. The van der Waals surface area contributed by atoms with Crippen LogP contribution in [0.2, 0.25) is 0 Å². The Bertz CT molecular complexity index is 3080. The number of hydrogen-bond donors (Lipinski definition) is 0. The van der Waals surface area contributed by atoms with E-state index in [1.54, 1.807) is 0 Å². The Morgan fingerprint density at radius 2 is 0.887 bits per heavy atom. The minimum Gasteiger partial charge on any atom is -0.316 e. The first-order valence-corrected chi connectivity index (χ1v) is 17.8. The first-order chi connectivity index (χ1) is 26.3. The molecule has 4 aromatic heterocycles. The molecule has 0 aliphatic heterocycles. The van der Waals surface area contributed by atoms with Crippen molar-refractivity contribution in [3.63, 3.8) is 0 Å². The molecule has 0 atom stereocenters. The Morgan fingerprint density at radius 3 is 1.55 bits per heavy atom. The Kier molecular flexibility index (Phi) is 6.45. The van der Waals surface area contributed by atoms with E-state index < -0.39 is 0 Å². The molecule has 53 heavy (non-hydrogen) atoms. The highest BCUT2D eigenvalue weighted by atomic mass is 15.2. The van der Waals surface area contributed by atoms with E-state index >= 15 is 0 Å². The Hall–Kier alpha value is -7.31. The van der Waals surface area contributed by atoms with Gasteiger partial charge >= 0.3 is 0 Å². The van der Waals surface area contributed by atoms with E-state index in [1.165, 1.54) is 5.39 Å². The molecular formula is C47H30N6. The van der Waals surface area contributed by atoms with Gasteiger partial charge in [-0.15, -0.1) is 0 Å². The summed E-state index contributed by atoms with van der Waals surface area (Å²) in [5.74, 6) is 1.82. The zero-order valence-corrected chi connectivity index (χ0v) is 28.5. The van der Waals surface area contributed by atoms with Gasteiger partial charge in [0.2, 0.25) is 5.95 Å². The highest BCUT2D eigenvalue weighted by Gasteiger charge is 2.25. The quantitative estimate of drug-likeness (QED) is 0.182. The van der Waals surface area contributed by atoms with Crippen LogP contribution >= 0.6 is 0 Å². The lowest BCUT2D eigenvalue weighted by Gasteiger charge is -2.12. The predicted octanol–water partition coefficient (Wildman–Crippen LogP) is 11.3. The fraction of sp³-hybridized carbons (Fsp3) is 0. The summed E-state index contributed by atoms with van der Waals surface area (Å²) in [4.78, 5) is 15.7. The molecular weight excluding hydrogens is 649 g/mol. The van der Waals surface area contributed by atoms with Gasteiger partial charge in [0, 0.05) is 55.6 Å². The maximum atomic E-state index is 5.32. The molecule has 248 valence electrons. The van der Waals surface area contributed by atoms with Crippen LogP contribution in [0.4, 0.5) is 0 Å². The van der Waals surface area contributed by atoms with Crippen molar-refractivity contribution in [3.05, 3.63) is 182 Å². The van der Waals surface area contributed by atoms with Crippen LogP contribution in [-0.2, 0) is 0 Å². The second-order valence-corrected chi connectivity index (χ2v) is 13.3. The topological polar surface area (TPSA) is 53.5 Å². The smallest absolute Gasteiger partial charge is 0.238 e. The van der Waals surface area contributed by atoms with E-state index in [4.69, 9.17) is 15.0 Å².